The molecule has 1 aromatic carbocycles. The summed E-state index contributed by atoms with van der Waals surface area (Å²) in [6.07, 6.45) is 4.78. The number of urea groups is 1. The number of benzene rings is 1. The quantitative estimate of drug-likeness (QED) is 0.828. The maximum atomic E-state index is 12.7. The lowest BCUT2D eigenvalue weighted by atomic mass is 9.85. The standard InChI is InChI=1S/C20H28N4O3/c1-23(2)15-9-7-14(8-10-15)13-21-19(26)16-5-3-4-6-17(16)24-12-11-18(25)22-20(24)27/h3-6,14-15H,7-13H2,1-2H3,(H,21,26)(H,22,25,27). The minimum atomic E-state index is -0.478. The summed E-state index contributed by atoms with van der Waals surface area (Å²) in [5.74, 6) is 0.0322. The molecular weight excluding hydrogens is 344 g/mol. The Kier molecular flexibility index (Phi) is 6.11. The SMILES string of the molecule is CN(C)C1CCC(CNC(=O)c2ccccc2N2CCC(=O)NC2=O)CC1. The van der Waals surface area contributed by atoms with E-state index in [1.165, 1.54) is 4.90 Å². The first-order chi connectivity index (χ1) is 13.0. The fourth-order valence-electron chi connectivity index (χ4n) is 3.89. The molecule has 1 aliphatic carbocycles. The molecule has 1 saturated carbocycles. The minimum absolute atomic E-state index is 0.176. The first-order valence-corrected chi connectivity index (χ1v) is 9.60. The van der Waals surface area contributed by atoms with E-state index < -0.39 is 6.03 Å². The van der Waals surface area contributed by atoms with Gasteiger partial charge >= 0.3 is 6.03 Å². The van der Waals surface area contributed by atoms with Crippen LogP contribution in [-0.2, 0) is 4.79 Å². The van der Waals surface area contributed by atoms with Crippen LogP contribution in [0.1, 0.15) is 42.5 Å². The van der Waals surface area contributed by atoms with Crippen molar-refractivity contribution in [3.05, 3.63) is 29.8 Å². The van der Waals surface area contributed by atoms with Crippen molar-refractivity contribution in [2.24, 2.45) is 5.92 Å². The second kappa shape index (κ2) is 8.52. The Hall–Kier alpha value is -2.41. The third-order valence-electron chi connectivity index (χ3n) is 5.59. The molecule has 146 valence electrons. The molecule has 0 aromatic heterocycles. The lowest BCUT2D eigenvalue weighted by Crippen LogP contribution is -2.50. The van der Waals surface area contributed by atoms with Gasteiger partial charge in [-0.1, -0.05) is 12.1 Å². The van der Waals surface area contributed by atoms with Gasteiger partial charge in [0.25, 0.3) is 5.91 Å². The predicted molar refractivity (Wildman–Crippen MR) is 104 cm³/mol. The van der Waals surface area contributed by atoms with Crippen LogP contribution in [-0.4, -0.2) is 56.0 Å². The molecule has 27 heavy (non-hydrogen) atoms. The highest BCUT2D eigenvalue weighted by Gasteiger charge is 2.28. The van der Waals surface area contributed by atoms with Crippen LogP contribution in [0.3, 0.4) is 0 Å². The van der Waals surface area contributed by atoms with Gasteiger partial charge in [0.15, 0.2) is 0 Å². The third-order valence-corrected chi connectivity index (χ3v) is 5.59. The molecular formula is C20H28N4O3. The third kappa shape index (κ3) is 4.66. The average molecular weight is 372 g/mol. The molecule has 0 radical (unpaired) electrons. The highest BCUT2D eigenvalue weighted by molar-refractivity contribution is 6.09. The zero-order valence-corrected chi connectivity index (χ0v) is 16.0. The maximum Gasteiger partial charge on any atom is 0.328 e. The van der Waals surface area contributed by atoms with Crippen LogP contribution in [0.2, 0.25) is 0 Å². The van der Waals surface area contributed by atoms with E-state index in [1.807, 2.05) is 0 Å². The van der Waals surface area contributed by atoms with E-state index in [4.69, 9.17) is 0 Å². The second-order valence-corrected chi connectivity index (χ2v) is 7.62. The Morgan fingerprint density at radius 3 is 2.56 bits per heavy atom. The summed E-state index contributed by atoms with van der Waals surface area (Å²) in [7, 11) is 4.24. The van der Waals surface area contributed by atoms with E-state index in [1.54, 1.807) is 24.3 Å². The first-order valence-electron chi connectivity index (χ1n) is 9.60. The van der Waals surface area contributed by atoms with E-state index in [9.17, 15) is 14.4 Å². The molecule has 0 atom stereocenters. The average Bonchev–Trinajstić information content (AvgIpc) is 2.66. The van der Waals surface area contributed by atoms with Crippen LogP contribution in [0.5, 0.6) is 0 Å². The van der Waals surface area contributed by atoms with Crippen molar-refractivity contribution in [2.75, 3.05) is 32.1 Å². The summed E-state index contributed by atoms with van der Waals surface area (Å²) in [6.45, 7) is 0.932. The lowest BCUT2D eigenvalue weighted by Gasteiger charge is -2.32. The van der Waals surface area contributed by atoms with E-state index in [0.29, 0.717) is 29.8 Å². The minimum Gasteiger partial charge on any atom is -0.352 e. The molecule has 3 rings (SSSR count). The van der Waals surface area contributed by atoms with Crippen molar-refractivity contribution in [1.29, 1.82) is 0 Å². The van der Waals surface area contributed by atoms with Crippen molar-refractivity contribution in [3.8, 4) is 0 Å². The number of carbonyl (C=O) groups excluding carboxylic acids is 3. The second-order valence-electron chi connectivity index (χ2n) is 7.62. The van der Waals surface area contributed by atoms with Crippen LogP contribution in [0.25, 0.3) is 0 Å². The van der Waals surface area contributed by atoms with Gasteiger partial charge in [0.1, 0.15) is 0 Å². The van der Waals surface area contributed by atoms with Gasteiger partial charge in [-0.15, -0.1) is 0 Å². The molecule has 7 nitrogen and oxygen atoms in total. The number of para-hydroxylation sites is 1. The molecule has 0 unspecified atom stereocenters. The Bertz CT molecular complexity index is 711. The van der Waals surface area contributed by atoms with E-state index >= 15 is 0 Å². The number of nitrogens with zero attached hydrogens (tertiary/aromatic N) is 2. The number of hydrogen-bond donors (Lipinski definition) is 2. The fourth-order valence-corrected chi connectivity index (χ4v) is 3.89. The molecule has 2 aliphatic rings. The topological polar surface area (TPSA) is 81.8 Å². The van der Waals surface area contributed by atoms with Crippen molar-refractivity contribution < 1.29 is 14.4 Å². The van der Waals surface area contributed by atoms with Crippen LogP contribution < -0.4 is 15.5 Å². The summed E-state index contributed by atoms with van der Waals surface area (Å²) in [6, 6.07) is 7.20. The van der Waals surface area contributed by atoms with Gasteiger partial charge in [-0.05, 0) is 57.8 Å². The van der Waals surface area contributed by atoms with E-state index in [-0.39, 0.29) is 24.8 Å². The summed E-state index contributed by atoms with van der Waals surface area (Å²) >= 11 is 0. The normalized spacial score (nSPS) is 23.3. The number of imide groups is 1. The van der Waals surface area contributed by atoms with Crippen LogP contribution in [0.15, 0.2) is 24.3 Å². The number of anilines is 1. The van der Waals surface area contributed by atoms with Gasteiger partial charge in [-0.3, -0.25) is 19.8 Å². The number of carbonyl (C=O) groups is 3. The number of rotatable bonds is 5. The van der Waals surface area contributed by atoms with Gasteiger partial charge in [-0.25, -0.2) is 4.79 Å². The molecule has 1 heterocycles. The summed E-state index contributed by atoms with van der Waals surface area (Å²) in [5, 5.41) is 5.34. The molecule has 1 saturated heterocycles. The molecule has 4 amide bonds. The van der Waals surface area contributed by atoms with Crippen molar-refractivity contribution in [1.82, 2.24) is 15.5 Å². The van der Waals surface area contributed by atoms with Gasteiger partial charge in [0, 0.05) is 25.6 Å². The van der Waals surface area contributed by atoms with Gasteiger partial charge in [0.2, 0.25) is 5.91 Å². The Morgan fingerprint density at radius 1 is 1.19 bits per heavy atom. The van der Waals surface area contributed by atoms with Crippen LogP contribution >= 0.6 is 0 Å². The Labute approximate surface area is 160 Å². The molecule has 0 spiro atoms. The van der Waals surface area contributed by atoms with Gasteiger partial charge < -0.3 is 10.2 Å². The van der Waals surface area contributed by atoms with E-state index in [0.717, 1.165) is 25.7 Å². The summed E-state index contributed by atoms with van der Waals surface area (Å²) < 4.78 is 0. The smallest absolute Gasteiger partial charge is 0.328 e. The van der Waals surface area contributed by atoms with Crippen LogP contribution in [0.4, 0.5) is 10.5 Å². The zero-order valence-electron chi connectivity index (χ0n) is 16.0. The van der Waals surface area contributed by atoms with Crippen LogP contribution in [0, 0.1) is 5.92 Å². The molecule has 7 heteroatoms. The summed E-state index contributed by atoms with van der Waals surface area (Å²) in [5.41, 5.74) is 1.00. The van der Waals surface area contributed by atoms with E-state index in [2.05, 4.69) is 29.6 Å². The number of nitrogens with one attached hydrogen (secondary N) is 2. The lowest BCUT2D eigenvalue weighted by molar-refractivity contribution is -0.120. The molecule has 2 N–H and O–H groups in total. The Morgan fingerprint density at radius 2 is 1.89 bits per heavy atom. The first kappa shape index (κ1) is 19.4. The fraction of sp³-hybridized carbons (Fsp3) is 0.550. The molecule has 1 aromatic rings. The Balaban J connectivity index is 1.61. The van der Waals surface area contributed by atoms with Gasteiger partial charge in [0.05, 0.1) is 11.3 Å². The zero-order chi connectivity index (χ0) is 19.4. The maximum absolute atomic E-state index is 12.7. The van der Waals surface area contributed by atoms with Crippen molar-refractivity contribution >= 4 is 23.5 Å². The highest BCUT2D eigenvalue weighted by atomic mass is 16.2. The number of amides is 4. The highest BCUT2D eigenvalue weighted by Crippen LogP contribution is 2.27. The monoisotopic (exact) mass is 372 g/mol. The predicted octanol–water partition coefficient (Wildman–Crippen LogP) is 1.98. The molecule has 1 aliphatic heterocycles. The molecule has 0 bridgehead atoms. The molecule has 2 fully saturated rings. The number of hydrogen-bond acceptors (Lipinski definition) is 4. The van der Waals surface area contributed by atoms with Crippen molar-refractivity contribution in [2.45, 2.75) is 38.1 Å². The van der Waals surface area contributed by atoms with Crippen molar-refractivity contribution in [3.63, 3.8) is 0 Å². The van der Waals surface area contributed by atoms with Gasteiger partial charge in [-0.2, -0.15) is 0 Å². The summed E-state index contributed by atoms with van der Waals surface area (Å²) in [4.78, 5) is 40.0. The largest absolute Gasteiger partial charge is 0.352 e.